The van der Waals surface area contributed by atoms with Gasteiger partial charge in [-0.15, -0.1) is 12.4 Å². The molecule has 1 saturated heterocycles. The highest BCUT2D eigenvalue weighted by molar-refractivity contribution is 5.86. The Morgan fingerprint density at radius 2 is 2.26 bits per heavy atom. The number of hydrogen-bond donors (Lipinski definition) is 3. The second-order valence-corrected chi connectivity index (χ2v) is 5.86. The third kappa shape index (κ3) is 3.86. The first-order valence-electron chi connectivity index (χ1n) is 7.85. The zero-order valence-electron chi connectivity index (χ0n) is 13.5. The van der Waals surface area contributed by atoms with Crippen molar-refractivity contribution in [3.8, 4) is 0 Å². The summed E-state index contributed by atoms with van der Waals surface area (Å²) in [5.74, 6) is 0.0169. The maximum Gasteiger partial charge on any atom is 0.239 e. The van der Waals surface area contributed by atoms with E-state index in [-0.39, 0.29) is 30.5 Å². The molecule has 1 amide bonds. The molecule has 1 aliphatic heterocycles. The molecule has 1 aliphatic rings. The number of aromatic nitrogens is 1. The van der Waals surface area contributed by atoms with E-state index in [1.54, 1.807) is 0 Å². The van der Waals surface area contributed by atoms with Gasteiger partial charge in [0.25, 0.3) is 0 Å². The Balaban J connectivity index is 0.00000192. The van der Waals surface area contributed by atoms with E-state index in [9.17, 15) is 4.79 Å². The molecule has 1 aromatic heterocycles. The van der Waals surface area contributed by atoms with Crippen LogP contribution in [0.15, 0.2) is 24.4 Å². The summed E-state index contributed by atoms with van der Waals surface area (Å²) in [4.78, 5) is 15.5. The maximum atomic E-state index is 12.2. The Labute approximate surface area is 142 Å². The van der Waals surface area contributed by atoms with Crippen molar-refractivity contribution in [2.75, 3.05) is 19.7 Å². The molecular formula is C17H24ClN3O2. The number of benzene rings is 1. The van der Waals surface area contributed by atoms with Crippen LogP contribution >= 0.6 is 12.4 Å². The number of rotatable bonds is 4. The molecule has 0 radical (unpaired) electrons. The molecule has 2 atom stereocenters. The van der Waals surface area contributed by atoms with Crippen molar-refractivity contribution in [2.45, 2.75) is 32.4 Å². The molecule has 0 spiro atoms. The molecule has 5 nitrogen and oxygen atoms in total. The summed E-state index contributed by atoms with van der Waals surface area (Å²) < 4.78 is 5.51. The molecule has 1 fully saturated rings. The van der Waals surface area contributed by atoms with Crippen molar-refractivity contribution in [2.24, 2.45) is 0 Å². The van der Waals surface area contributed by atoms with Gasteiger partial charge in [-0.25, -0.2) is 0 Å². The lowest BCUT2D eigenvalue weighted by Crippen LogP contribution is -2.55. The average molecular weight is 338 g/mol. The Bertz CT molecular complexity index is 671. The van der Waals surface area contributed by atoms with Crippen molar-refractivity contribution < 1.29 is 9.53 Å². The van der Waals surface area contributed by atoms with E-state index in [1.807, 2.05) is 13.1 Å². The van der Waals surface area contributed by atoms with Crippen molar-refractivity contribution in [1.82, 2.24) is 15.6 Å². The van der Waals surface area contributed by atoms with Gasteiger partial charge in [0.1, 0.15) is 6.04 Å². The molecule has 3 N–H and O–H groups in total. The van der Waals surface area contributed by atoms with Crippen molar-refractivity contribution >= 4 is 29.2 Å². The number of aryl methyl sites for hydroxylation is 1. The molecule has 0 saturated carbocycles. The zero-order valence-corrected chi connectivity index (χ0v) is 14.3. The van der Waals surface area contributed by atoms with Gasteiger partial charge in [-0.05, 0) is 31.4 Å². The van der Waals surface area contributed by atoms with E-state index in [2.05, 4.69) is 40.7 Å². The number of hydrogen-bond acceptors (Lipinski definition) is 3. The number of nitrogens with one attached hydrogen (secondary N) is 3. The van der Waals surface area contributed by atoms with Crippen LogP contribution in [0.1, 0.15) is 18.1 Å². The molecule has 23 heavy (non-hydrogen) atoms. The van der Waals surface area contributed by atoms with Crippen molar-refractivity contribution in [3.63, 3.8) is 0 Å². The summed E-state index contributed by atoms with van der Waals surface area (Å²) in [7, 11) is 0. The second-order valence-electron chi connectivity index (χ2n) is 5.86. The Kier molecular flexibility index (Phi) is 6.04. The monoisotopic (exact) mass is 337 g/mol. The molecule has 2 aromatic rings. The number of morpholine rings is 1. The third-order valence-corrected chi connectivity index (χ3v) is 4.30. The SMILES string of the molecule is Cc1cccc2c(CCNC(=O)[C@H]3NCCO[C@@H]3C)c[nH]c12.Cl. The number of fused-ring (bicyclic) bond motifs is 1. The van der Waals surface area contributed by atoms with E-state index in [1.165, 1.54) is 22.0 Å². The Hall–Kier alpha value is -1.56. The normalized spacial score (nSPS) is 21.0. The lowest BCUT2D eigenvalue weighted by atomic mass is 10.1. The van der Waals surface area contributed by atoms with Gasteiger partial charge in [0.2, 0.25) is 5.91 Å². The number of carbonyl (C=O) groups excluding carboxylic acids is 1. The van der Waals surface area contributed by atoms with Crippen LogP contribution in [0.4, 0.5) is 0 Å². The Morgan fingerprint density at radius 3 is 3.04 bits per heavy atom. The van der Waals surface area contributed by atoms with Crippen LogP contribution in [0.2, 0.25) is 0 Å². The third-order valence-electron chi connectivity index (χ3n) is 4.30. The predicted octanol–water partition coefficient (Wildman–Crippen LogP) is 1.93. The summed E-state index contributed by atoms with van der Waals surface area (Å²) in [6, 6.07) is 6.03. The van der Waals surface area contributed by atoms with Crippen molar-refractivity contribution in [1.29, 1.82) is 0 Å². The number of ether oxygens (including phenoxy) is 1. The highest BCUT2D eigenvalue weighted by Crippen LogP contribution is 2.21. The van der Waals surface area contributed by atoms with Gasteiger partial charge in [-0.1, -0.05) is 18.2 Å². The molecular weight excluding hydrogens is 314 g/mol. The first-order valence-corrected chi connectivity index (χ1v) is 7.85. The summed E-state index contributed by atoms with van der Waals surface area (Å²) in [5, 5.41) is 7.45. The topological polar surface area (TPSA) is 66.2 Å². The fourth-order valence-electron chi connectivity index (χ4n) is 3.03. The number of aromatic amines is 1. The van der Waals surface area contributed by atoms with Crippen LogP contribution < -0.4 is 10.6 Å². The fraction of sp³-hybridized carbons (Fsp3) is 0.471. The van der Waals surface area contributed by atoms with Crippen LogP contribution in [-0.4, -0.2) is 42.7 Å². The zero-order chi connectivity index (χ0) is 15.5. The number of carbonyl (C=O) groups is 1. The van der Waals surface area contributed by atoms with E-state index >= 15 is 0 Å². The highest BCUT2D eigenvalue weighted by atomic mass is 35.5. The van der Waals surface area contributed by atoms with Crippen LogP contribution in [0.5, 0.6) is 0 Å². The molecule has 3 rings (SSSR count). The van der Waals surface area contributed by atoms with Crippen molar-refractivity contribution in [3.05, 3.63) is 35.5 Å². The summed E-state index contributed by atoms with van der Waals surface area (Å²) in [6.07, 6.45) is 2.77. The average Bonchev–Trinajstić information content (AvgIpc) is 2.92. The lowest BCUT2D eigenvalue weighted by molar-refractivity contribution is -0.128. The van der Waals surface area contributed by atoms with Gasteiger partial charge in [-0.2, -0.15) is 0 Å². The van der Waals surface area contributed by atoms with E-state index in [0.29, 0.717) is 13.2 Å². The predicted molar refractivity (Wildman–Crippen MR) is 94.2 cm³/mol. The number of halogens is 1. The molecule has 2 heterocycles. The standard InChI is InChI=1S/C17H23N3O2.ClH/c1-11-4-3-5-14-13(10-20-15(11)14)6-7-19-17(21)16-12(2)22-9-8-18-16;/h3-5,10,12,16,18,20H,6-9H2,1-2H3,(H,19,21);1H/t12-,16+;/m1./s1. The number of amides is 1. The van der Waals surface area contributed by atoms with Gasteiger partial charge < -0.3 is 20.4 Å². The second kappa shape index (κ2) is 7.81. The van der Waals surface area contributed by atoms with Gasteiger partial charge in [0.05, 0.1) is 12.7 Å². The first-order chi connectivity index (χ1) is 10.7. The summed E-state index contributed by atoms with van der Waals surface area (Å²) in [6.45, 7) is 6.05. The van der Waals surface area contributed by atoms with Gasteiger partial charge in [0, 0.05) is 30.2 Å². The molecule has 0 aliphatic carbocycles. The minimum absolute atomic E-state index is 0. The van der Waals surface area contributed by atoms with Crippen LogP contribution in [0, 0.1) is 6.92 Å². The van der Waals surface area contributed by atoms with Gasteiger partial charge >= 0.3 is 0 Å². The van der Waals surface area contributed by atoms with Crippen LogP contribution in [0.3, 0.4) is 0 Å². The van der Waals surface area contributed by atoms with E-state index in [4.69, 9.17) is 4.74 Å². The Morgan fingerprint density at radius 1 is 1.43 bits per heavy atom. The van der Waals surface area contributed by atoms with E-state index < -0.39 is 0 Å². The summed E-state index contributed by atoms with van der Waals surface area (Å²) in [5.41, 5.74) is 3.66. The highest BCUT2D eigenvalue weighted by Gasteiger charge is 2.27. The van der Waals surface area contributed by atoms with Gasteiger partial charge in [0.15, 0.2) is 0 Å². The number of para-hydroxylation sites is 1. The van der Waals surface area contributed by atoms with Crippen LogP contribution in [-0.2, 0) is 16.0 Å². The summed E-state index contributed by atoms with van der Waals surface area (Å²) >= 11 is 0. The molecule has 6 heteroatoms. The largest absolute Gasteiger partial charge is 0.375 e. The molecule has 0 bridgehead atoms. The first kappa shape index (κ1) is 17.8. The van der Waals surface area contributed by atoms with Gasteiger partial charge in [-0.3, -0.25) is 4.79 Å². The minimum Gasteiger partial charge on any atom is -0.375 e. The number of H-pyrrole nitrogens is 1. The maximum absolute atomic E-state index is 12.2. The van der Waals surface area contributed by atoms with E-state index in [0.717, 1.165) is 13.0 Å². The molecule has 126 valence electrons. The van der Waals surface area contributed by atoms with Crippen LogP contribution in [0.25, 0.3) is 10.9 Å². The lowest BCUT2D eigenvalue weighted by Gasteiger charge is -2.29. The molecule has 1 aromatic carbocycles. The minimum atomic E-state index is -0.251. The smallest absolute Gasteiger partial charge is 0.239 e. The quantitative estimate of drug-likeness (QED) is 0.798. The fourth-order valence-corrected chi connectivity index (χ4v) is 3.03. The molecule has 0 unspecified atom stereocenters.